The first-order valence-corrected chi connectivity index (χ1v) is 7.73. The molecule has 3 nitrogen and oxygen atoms in total. The maximum atomic E-state index is 10.8. The predicted octanol–water partition coefficient (Wildman–Crippen LogP) is 3.43. The van der Waals surface area contributed by atoms with Crippen molar-refractivity contribution in [2.75, 3.05) is 18.0 Å². The number of hydrogen-bond donors (Lipinski definition) is 1. The van der Waals surface area contributed by atoms with Gasteiger partial charge in [-0.3, -0.25) is 4.79 Å². The normalized spacial score (nSPS) is 19.6. The Morgan fingerprint density at radius 2 is 2.25 bits per heavy atom. The minimum Gasteiger partial charge on any atom is -0.481 e. The van der Waals surface area contributed by atoms with Gasteiger partial charge in [-0.05, 0) is 48.3 Å². The first kappa shape index (κ1) is 13.5. The highest BCUT2D eigenvalue weighted by atomic mass is 16.4. The quantitative estimate of drug-likeness (QED) is 0.893. The predicted molar refractivity (Wildman–Crippen MR) is 80.4 cm³/mol. The highest BCUT2D eigenvalue weighted by molar-refractivity contribution is 5.68. The van der Waals surface area contributed by atoms with Gasteiger partial charge >= 0.3 is 5.97 Å². The van der Waals surface area contributed by atoms with Gasteiger partial charge in [0.2, 0.25) is 0 Å². The molecule has 108 valence electrons. The molecule has 0 radical (unpaired) electrons. The lowest BCUT2D eigenvalue weighted by Crippen LogP contribution is -2.31. The zero-order valence-corrected chi connectivity index (χ0v) is 12.1. The smallest absolute Gasteiger partial charge is 0.303 e. The fraction of sp³-hybridized carbons (Fsp3) is 0.588. The van der Waals surface area contributed by atoms with E-state index >= 15 is 0 Å². The van der Waals surface area contributed by atoms with E-state index in [0.717, 1.165) is 24.4 Å². The summed E-state index contributed by atoms with van der Waals surface area (Å²) in [5.41, 5.74) is 3.94. The van der Waals surface area contributed by atoms with E-state index in [1.54, 1.807) is 0 Å². The van der Waals surface area contributed by atoms with Gasteiger partial charge in [-0.15, -0.1) is 0 Å². The Morgan fingerprint density at radius 3 is 2.90 bits per heavy atom. The molecule has 0 saturated heterocycles. The van der Waals surface area contributed by atoms with Gasteiger partial charge in [0.25, 0.3) is 0 Å². The average Bonchev–Trinajstić information content (AvgIpc) is 2.75. The number of rotatable bonds is 5. The van der Waals surface area contributed by atoms with Crippen LogP contribution >= 0.6 is 0 Å². The lowest BCUT2D eigenvalue weighted by atomic mass is 9.85. The van der Waals surface area contributed by atoms with Gasteiger partial charge in [0.05, 0.1) is 6.42 Å². The van der Waals surface area contributed by atoms with E-state index in [9.17, 15) is 4.79 Å². The summed E-state index contributed by atoms with van der Waals surface area (Å²) in [4.78, 5) is 13.3. The van der Waals surface area contributed by atoms with Crippen LogP contribution in [-0.2, 0) is 11.2 Å². The molecular formula is C17H23NO2. The van der Waals surface area contributed by atoms with Crippen molar-refractivity contribution in [2.24, 2.45) is 5.92 Å². The van der Waals surface area contributed by atoms with Gasteiger partial charge in [-0.25, -0.2) is 0 Å². The average molecular weight is 273 g/mol. The van der Waals surface area contributed by atoms with Crippen molar-refractivity contribution in [2.45, 2.75) is 44.9 Å². The third kappa shape index (κ3) is 2.67. The number of nitrogens with zero attached hydrogens (tertiary/aromatic N) is 1. The van der Waals surface area contributed by atoms with Crippen molar-refractivity contribution in [3.63, 3.8) is 0 Å². The SMILES string of the molecule is CC(CC(=O)O)c1ccc2c(c1)CCN2CC1CCC1. The van der Waals surface area contributed by atoms with Crippen molar-refractivity contribution >= 4 is 11.7 Å². The van der Waals surface area contributed by atoms with Crippen molar-refractivity contribution in [1.29, 1.82) is 0 Å². The molecule has 3 heteroatoms. The van der Waals surface area contributed by atoms with Crippen LogP contribution < -0.4 is 4.90 Å². The lowest BCUT2D eigenvalue weighted by molar-refractivity contribution is -0.137. The molecule has 1 aromatic carbocycles. The standard InChI is InChI=1S/C17H23NO2/c1-12(9-17(19)20)14-5-6-16-15(10-14)7-8-18(16)11-13-3-2-4-13/h5-6,10,12-13H,2-4,7-9,11H2,1H3,(H,19,20). The number of hydrogen-bond acceptors (Lipinski definition) is 2. The molecule has 1 saturated carbocycles. The molecule has 1 fully saturated rings. The fourth-order valence-corrected chi connectivity index (χ4v) is 3.35. The highest BCUT2D eigenvalue weighted by Gasteiger charge is 2.25. The summed E-state index contributed by atoms with van der Waals surface area (Å²) in [5, 5.41) is 8.91. The Morgan fingerprint density at radius 1 is 1.45 bits per heavy atom. The first-order valence-electron chi connectivity index (χ1n) is 7.73. The Hall–Kier alpha value is -1.51. The number of benzene rings is 1. The third-order valence-electron chi connectivity index (χ3n) is 4.85. The Balaban J connectivity index is 1.72. The summed E-state index contributed by atoms with van der Waals surface area (Å²) in [6.07, 6.45) is 5.50. The van der Waals surface area contributed by atoms with Crippen LogP contribution in [0.3, 0.4) is 0 Å². The first-order chi connectivity index (χ1) is 9.63. The molecule has 0 spiro atoms. The monoisotopic (exact) mass is 273 g/mol. The van der Waals surface area contributed by atoms with E-state index in [-0.39, 0.29) is 12.3 Å². The van der Waals surface area contributed by atoms with Gasteiger partial charge in [-0.2, -0.15) is 0 Å². The highest BCUT2D eigenvalue weighted by Crippen LogP contribution is 2.35. The molecule has 1 atom stereocenters. The summed E-state index contributed by atoms with van der Waals surface area (Å²) < 4.78 is 0. The minimum atomic E-state index is -0.718. The molecule has 1 heterocycles. The van der Waals surface area contributed by atoms with Crippen molar-refractivity contribution in [1.82, 2.24) is 0 Å². The Bertz CT molecular complexity index is 508. The zero-order chi connectivity index (χ0) is 14.1. The van der Waals surface area contributed by atoms with Gasteiger partial charge in [-0.1, -0.05) is 25.5 Å². The molecule has 1 unspecified atom stereocenters. The third-order valence-corrected chi connectivity index (χ3v) is 4.85. The lowest BCUT2D eigenvalue weighted by Gasteiger charge is -2.31. The summed E-state index contributed by atoms with van der Waals surface area (Å²) in [6.45, 7) is 4.33. The van der Waals surface area contributed by atoms with Crippen molar-refractivity contribution in [3.8, 4) is 0 Å². The molecule has 1 N–H and O–H groups in total. The van der Waals surface area contributed by atoms with Crippen LogP contribution in [0.5, 0.6) is 0 Å². The van der Waals surface area contributed by atoms with Crippen LogP contribution in [-0.4, -0.2) is 24.2 Å². The van der Waals surface area contributed by atoms with Gasteiger partial charge in [0, 0.05) is 18.8 Å². The van der Waals surface area contributed by atoms with Crippen LogP contribution in [0.1, 0.15) is 49.7 Å². The minimum absolute atomic E-state index is 0.0958. The summed E-state index contributed by atoms with van der Waals surface area (Å²) in [7, 11) is 0. The van der Waals surface area contributed by atoms with E-state index in [1.165, 1.54) is 37.1 Å². The second kappa shape index (κ2) is 5.47. The summed E-state index contributed by atoms with van der Waals surface area (Å²) in [5.74, 6) is 0.273. The van der Waals surface area contributed by atoms with Crippen molar-refractivity contribution < 1.29 is 9.90 Å². The summed E-state index contributed by atoms with van der Waals surface area (Å²) in [6, 6.07) is 6.55. The van der Waals surface area contributed by atoms with Gasteiger partial charge in [0.1, 0.15) is 0 Å². The number of anilines is 1. The van der Waals surface area contributed by atoms with E-state index < -0.39 is 5.97 Å². The Kier molecular flexibility index (Phi) is 3.68. The molecule has 0 amide bonds. The Labute approximate surface area is 120 Å². The summed E-state index contributed by atoms with van der Waals surface area (Å²) >= 11 is 0. The van der Waals surface area contributed by atoms with Crippen LogP contribution in [0.15, 0.2) is 18.2 Å². The number of carbonyl (C=O) groups is 1. The van der Waals surface area contributed by atoms with Crippen LogP contribution in [0, 0.1) is 5.92 Å². The molecule has 0 aromatic heterocycles. The number of carboxylic acids is 1. The molecule has 2 aliphatic rings. The molecule has 1 aliphatic carbocycles. The number of fused-ring (bicyclic) bond motifs is 1. The van der Waals surface area contributed by atoms with Crippen LogP contribution in [0.4, 0.5) is 5.69 Å². The van der Waals surface area contributed by atoms with E-state index in [0.29, 0.717) is 0 Å². The topological polar surface area (TPSA) is 40.5 Å². The maximum Gasteiger partial charge on any atom is 0.303 e. The molecular weight excluding hydrogens is 250 g/mol. The van der Waals surface area contributed by atoms with E-state index in [1.807, 2.05) is 6.92 Å². The largest absolute Gasteiger partial charge is 0.481 e. The number of aliphatic carboxylic acids is 1. The maximum absolute atomic E-state index is 10.8. The zero-order valence-electron chi connectivity index (χ0n) is 12.1. The van der Waals surface area contributed by atoms with Crippen LogP contribution in [0.25, 0.3) is 0 Å². The second-order valence-electron chi connectivity index (χ2n) is 6.38. The van der Waals surface area contributed by atoms with E-state index in [4.69, 9.17) is 5.11 Å². The fourth-order valence-electron chi connectivity index (χ4n) is 3.35. The molecule has 1 aromatic rings. The van der Waals surface area contributed by atoms with Crippen molar-refractivity contribution in [3.05, 3.63) is 29.3 Å². The second-order valence-corrected chi connectivity index (χ2v) is 6.38. The molecule has 20 heavy (non-hydrogen) atoms. The van der Waals surface area contributed by atoms with E-state index in [2.05, 4.69) is 23.1 Å². The van der Waals surface area contributed by atoms with Crippen LogP contribution in [0.2, 0.25) is 0 Å². The molecule has 3 rings (SSSR count). The number of carboxylic acid groups (broad SMARTS) is 1. The van der Waals surface area contributed by atoms with Gasteiger partial charge in [0.15, 0.2) is 0 Å². The molecule has 1 aliphatic heterocycles. The molecule has 0 bridgehead atoms. The van der Waals surface area contributed by atoms with Gasteiger partial charge < -0.3 is 10.0 Å².